The average molecular weight is 426 g/mol. The van der Waals surface area contributed by atoms with E-state index >= 15 is 0 Å². The molecule has 3 rings (SSSR count). The van der Waals surface area contributed by atoms with E-state index < -0.39 is 0 Å². The standard InChI is InChI=1S/C17H20BrN3O3S/c1-10-6-21(7-11(2)24-10)8-13-9-25-17(19-13)20-16(23)14-4-3-12(18)5-15(14)22/h3-5,9-11,22H,6-8H2,1-2H3,(H,19,20,23). The second kappa shape index (κ2) is 7.82. The van der Waals surface area contributed by atoms with Gasteiger partial charge in [0.05, 0.1) is 23.5 Å². The van der Waals surface area contributed by atoms with Crippen molar-refractivity contribution in [1.29, 1.82) is 0 Å². The second-order valence-corrected chi connectivity index (χ2v) is 7.98. The third-order valence-corrected chi connectivity index (χ3v) is 5.16. The molecule has 0 bridgehead atoms. The fourth-order valence-corrected chi connectivity index (χ4v) is 3.99. The number of aromatic nitrogens is 1. The number of halogens is 1. The summed E-state index contributed by atoms with van der Waals surface area (Å²) < 4.78 is 6.45. The molecule has 1 amide bonds. The van der Waals surface area contributed by atoms with Gasteiger partial charge in [-0.15, -0.1) is 11.3 Å². The van der Waals surface area contributed by atoms with Crippen molar-refractivity contribution in [2.75, 3.05) is 18.4 Å². The van der Waals surface area contributed by atoms with Crippen LogP contribution in [0.5, 0.6) is 5.75 Å². The third-order valence-electron chi connectivity index (χ3n) is 3.86. The van der Waals surface area contributed by atoms with Crippen molar-refractivity contribution in [3.8, 4) is 5.75 Å². The Balaban J connectivity index is 1.62. The van der Waals surface area contributed by atoms with Crippen LogP contribution in [-0.2, 0) is 11.3 Å². The summed E-state index contributed by atoms with van der Waals surface area (Å²) in [6.45, 7) is 6.61. The van der Waals surface area contributed by atoms with Gasteiger partial charge in [0.15, 0.2) is 5.13 Å². The molecule has 1 aliphatic rings. The number of carbonyl (C=O) groups excluding carboxylic acids is 1. The quantitative estimate of drug-likeness (QED) is 0.783. The zero-order chi connectivity index (χ0) is 18.0. The second-order valence-electron chi connectivity index (χ2n) is 6.21. The maximum atomic E-state index is 12.3. The summed E-state index contributed by atoms with van der Waals surface area (Å²) in [5.74, 6) is -0.445. The molecule has 0 saturated carbocycles. The van der Waals surface area contributed by atoms with E-state index in [1.54, 1.807) is 12.1 Å². The fourth-order valence-electron chi connectivity index (χ4n) is 2.94. The van der Waals surface area contributed by atoms with Gasteiger partial charge in [-0.3, -0.25) is 15.0 Å². The maximum Gasteiger partial charge on any atom is 0.261 e. The number of nitrogens with zero attached hydrogens (tertiary/aromatic N) is 2. The molecule has 2 heterocycles. The Labute approximate surface area is 159 Å². The molecule has 6 nitrogen and oxygen atoms in total. The first kappa shape index (κ1) is 18.3. The Morgan fingerprint density at radius 1 is 1.44 bits per heavy atom. The molecule has 0 aliphatic carbocycles. The van der Waals surface area contributed by atoms with Crippen molar-refractivity contribution in [3.63, 3.8) is 0 Å². The van der Waals surface area contributed by atoms with Crippen LogP contribution in [0.15, 0.2) is 28.1 Å². The topological polar surface area (TPSA) is 74.7 Å². The molecule has 0 spiro atoms. The van der Waals surface area contributed by atoms with Crippen LogP contribution in [0, 0.1) is 0 Å². The molecule has 1 aliphatic heterocycles. The Morgan fingerprint density at radius 2 is 2.16 bits per heavy atom. The van der Waals surface area contributed by atoms with Gasteiger partial charge in [-0.05, 0) is 32.0 Å². The first-order valence-electron chi connectivity index (χ1n) is 8.03. The minimum absolute atomic E-state index is 0.0695. The number of morpholine rings is 1. The van der Waals surface area contributed by atoms with Crippen molar-refractivity contribution in [2.24, 2.45) is 0 Å². The summed E-state index contributed by atoms with van der Waals surface area (Å²) in [6.07, 6.45) is 0.420. The van der Waals surface area contributed by atoms with Crippen LogP contribution in [0.2, 0.25) is 0 Å². The van der Waals surface area contributed by atoms with E-state index in [1.807, 2.05) is 5.38 Å². The minimum Gasteiger partial charge on any atom is -0.507 e. The third kappa shape index (κ3) is 4.78. The van der Waals surface area contributed by atoms with Gasteiger partial charge in [-0.1, -0.05) is 15.9 Å². The highest BCUT2D eigenvalue weighted by atomic mass is 79.9. The highest BCUT2D eigenvalue weighted by molar-refractivity contribution is 9.10. The number of carbonyl (C=O) groups is 1. The number of ether oxygens (including phenoxy) is 1. The molecule has 2 atom stereocenters. The first-order chi connectivity index (χ1) is 11.9. The van der Waals surface area contributed by atoms with E-state index in [1.165, 1.54) is 17.4 Å². The molecule has 1 aromatic carbocycles. The Bertz CT molecular complexity index is 757. The molecule has 1 fully saturated rings. The summed E-state index contributed by atoms with van der Waals surface area (Å²) in [7, 11) is 0. The first-order valence-corrected chi connectivity index (χ1v) is 9.70. The average Bonchev–Trinajstić information content (AvgIpc) is 2.92. The largest absolute Gasteiger partial charge is 0.507 e. The number of rotatable bonds is 4. The van der Waals surface area contributed by atoms with Gasteiger partial charge in [0.2, 0.25) is 0 Å². The lowest BCUT2D eigenvalue weighted by molar-refractivity contribution is -0.0707. The summed E-state index contributed by atoms with van der Waals surface area (Å²) in [5, 5.41) is 15.1. The van der Waals surface area contributed by atoms with Gasteiger partial charge < -0.3 is 9.84 Å². The smallest absolute Gasteiger partial charge is 0.261 e. The Hall–Kier alpha value is -1.48. The fraction of sp³-hybridized carbons (Fsp3) is 0.412. The van der Waals surface area contributed by atoms with E-state index in [0.717, 1.165) is 25.3 Å². The van der Waals surface area contributed by atoms with E-state index in [9.17, 15) is 9.90 Å². The number of aromatic hydroxyl groups is 1. The number of amides is 1. The lowest BCUT2D eigenvalue weighted by Gasteiger charge is -2.34. The predicted molar refractivity (Wildman–Crippen MR) is 101 cm³/mol. The van der Waals surface area contributed by atoms with Crippen LogP contribution in [0.3, 0.4) is 0 Å². The molecule has 25 heavy (non-hydrogen) atoms. The van der Waals surface area contributed by atoms with Gasteiger partial charge in [-0.2, -0.15) is 0 Å². The Kier molecular flexibility index (Phi) is 5.73. The lowest BCUT2D eigenvalue weighted by atomic mass is 10.2. The van der Waals surface area contributed by atoms with Gasteiger partial charge in [0.25, 0.3) is 5.91 Å². The molecule has 2 unspecified atom stereocenters. The van der Waals surface area contributed by atoms with Crippen LogP contribution in [0.1, 0.15) is 29.9 Å². The van der Waals surface area contributed by atoms with Gasteiger partial charge in [-0.25, -0.2) is 4.98 Å². The van der Waals surface area contributed by atoms with Crippen molar-refractivity contribution >= 4 is 38.3 Å². The normalized spacial score (nSPS) is 21.2. The van der Waals surface area contributed by atoms with Crippen LogP contribution < -0.4 is 5.32 Å². The number of thiazole rings is 1. The maximum absolute atomic E-state index is 12.3. The molecule has 0 radical (unpaired) electrons. The van der Waals surface area contributed by atoms with Crippen LogP contribution >= 0.6 is 27.3 Å². The number of phenolic OH excluding ortho intramolecular Hbond substituents is 1. The number of hydrogen-bond acceptors (Lipinski definition) is 6. The summed E-state index contributed by atoms with van der Waals surface area (Å²) in [6, 6.07) is 4.77. The van der Waals surface area contributed by atoms with Gasteiger partial charge >= 0.3 is 0 Å². The highest BCUT2D eigenvalue weighted by Crippen LogP contribution is 2.24. The zero-order valence-electron chi connectivity index (χ0n) is 14.0. The van der Waals surface area contributed by atoms with Crippen LogP contribution in [0.4, 0.5) is 5.13 Å². The monoisotopic (exact) mass is 425 g/mol. The predicted octanol–water partition coefficient (Wildman–Crippen LogP) is 3.47. The van der Waals surface area contributed by atoms with Crippen molar-refractivity contribution < 1.29 is 14.6 Å². The highest BCUT2D eigenvalue weighted by Gasteiger charge is 2.23. The van der Waals surface area contributed by atoms with Gasteiger partial charge in [0.1, 0.15) is 5.75 Å². The minimum atomic E-state index is -0.375. The Morgan fingerprint density at radius 3 is 2.84 bits per heavy atom. The van der Waals surface area contributed by atoms with Crippen LogP contribution in [-0.4, -0.2) is 46.2 Å². The molecule has 8 heteroatoms. The molecule has 1 saturated heterocycles. The molecule has 2 aromatic rings. The SMILES string of the molecule is CC1CN(Cc2csc(NC(=O)c3ccc(Br)cc3O)n2)CC(C)O1. The molecule has 2 N–H and O–H groups in total. The molecule has 134 valence electrons. The van der Waals surface area contributed by atoms with E-state index in [-0.39, 0.29) is 29.4 Å². The van der Waals surface area contributed by atoms with Crippen LogP contribution in [0.25, 0.3) is 0 Å². The van der Waals surface area contributed by atoms with E-state index in [2.05, 4.69) is 45.0 Å². The van der Waals surface area contributed by atoms with E-state index in [4.69, 9.17) is 4.74 Å². The molecular weight excluding hydrogens is 406 g/mol. The lowest BCUT2D eigenvalue weighted by Crippen LogP contribution is -2.44. The molecule has 1 aromatic heterocycles. The number of nitrogens with one attached hydrogen (secondary N) is 1. The van der Waals surface area contributed by atoms with Gasteiger partial charge in [0, 0.05) is 29.5 Å². The number of hydrogen-bond donors (Lipinski definition) is 2. The zero-order valence-corrected chi connectivity index (χ0v) is 16.4. The number of benzene rings is 1. The van der Waals surface area contributed by atoms with Crippen molar-refractivity contribution in [3.05, 3.63) is 39.3 Å². The van der Waals surface area contributed by atoms with Crippen molar-refractivity contribution in [1.82, 2.24) is 9.88 Å². The van der Waals surface area contributed by atoms with Crippen molar-refractivity contribution in [2.45, 2.75) is 32.6 Å². The number of phenols is 1. The number of anilines is 1. The molecular formula is C17H20BrN3O3S. The summed E-state index contributed by atoms with van der Waals surface area (Å²) >= 11 is 4.64. The van der Waals surface area contributed by atoms with E-state index in [0.29, 0.717) is 9.60 Å². The summed E-state index contributed by atoms with van der Waals surface area (Å²) in [5.41, 5.74) is 1.14. The summed E-state index contributed by atoms with van der Waals surface area (Å²) in [4.78, 5) is 19.1.